The molecule has 0 bridgehead atoms. The Morgan fingerprint density at radius 1 is 0.839 bits per heavy atom. The fourth-order valence-electron chi connectivity index (χ4n) is 2.42. The summed E-state index contributed by atoms with van der Waals surface area (Å²) < 4.78 is 0. The molecule has 0 aliphatic rings. The van der Waals surface area contributed by atoms with Crippen molar-refractivity contribution in [3.63, 3.8) is 0 Å². The van der Waals surface area contributed by atoms with Gasteiger partial charge >= 0.3 is 11.9 Å². The van der Waals surface area contributed by atoms with Crippen LogP contribution in [0.2, 0.25) is 0 Å². The number of amides is 4. The number of rotatable bonds is 14. The van der Waals surface area contributed by atoms with Crippen molar-refractivity contribution in [1.82, 2.24) is 16.0 Å². The van der Waals surface area contributed by atoms with E-state index in [1.807, 2.05) is 19.2 Å². The first kappa shape index (κ1) is 28.1. The van der Waals surface area contributed by atoms with E-state index in [2.05, 4.69) is 23.3 Å². The largest absolute Gasteiger partial charge is 0.481 e. The highest BCUT2D eigenvalue weighted by atomic mass is 32.1. The molecule has 0 saturated heterocycles. The van der Waals surface area contributed by atoms with Gasteiger partial charge in [-0.2, -0.15) is 12.6 Å². The zero-order valence-corrected chi connectivity index (χ0v) is 18.1. The molecule has 0 rings (SSSR count). The lowest BCUT2D eigenvalue weighted by Crippen LogP contribution is -2.58. The van der Waals surface area contributed by atoms with E-state index < -0.39 is 72.6 Å². The highest BCUT2D eigenvalue weighted by Gasteiger charge is 2.31. The molecule has 4 atom stereocenters. The Hall–Kier alpha value is -2.87. The molecular formula is C17H29N5O8S. The van der Waals surface area contributed by atoms with E-state index in [9.17, 15) is 28.8 Å². The monoisotopic (exact) mass is 463 g/mol. The lowest BCUT2D eigenvalue weighted by molar-refractivity contribution is -0.147. The highest BCUT2D eigenvalue weighted by molar-refractivity contribution is 7.80. The summed E-state index contributed by atoms with van der Waals surface area (Å²) in [7, 11) is 0. The summed E-state index contributed by atoms with van der Waals surface area (Å²) in [5, 5.41) is 24.3. The Labute approximate surface area is 184 Å². The molecule has 176 valence electrons. The number of nitrogens with two attached hydrogens (primary N) is 2. The molecule has 0 aromatic rings. The Kier molecular flexibility index (Phi) is 12.2. The van der Waals surface area contributed by atoms with Crippen LogP contribution in [0.15, 0.2) is 0 Å². The lowest BCUT2D eigenvalue weighted by atomic mass is 10.0. The maximum Gasteiger partial charge on any atom is 0.326 e. The van der Waals surface area contributed by atoms with Crippen LogP contribution < -0.4 is 27.4 Å². The summed E-state index contributed by atoms with van der Waals surface area (Å²) in [5.41, 5.74) is 10.8. The number of hydrogen-bond acceptors (Lipinski definition) is 8. The molecule has 0 aliphatic heterocycles. The molecule has 9 N–H and O–H groups in total. The molecule has 0 spiro atoms. The number of carbonyl (C=O) groups excluding carboxylic acids is 4. The molecule has 0 aromatic heterocycles. The number of carboxylic acids is 2. The fourth-order valence-corrected chi connectivity index (χ4v) is 2.67. The van der Waals surface area contributed by atoms with Crippen LogP contribution in [0.1, 0.15) is 33.1 Å². The smallest absolute Gasteiger partial charge is 0.326 e. The molecule has 13 nitrogen and oxygen atoms in total. The van der Waals surface area contributed by atoms with Crippen molar-refractivity contribution >= 4 is 48.2 Å². The van der Waals surface area contributed by atoms with Gasteiger partial charge in [0, 0.05) is 5.75 Å². The van der Waals surface area contributed by atoms with E-state index in [0.29, 0.717) is 6.42 Å². The number of primary amides is 1. The van der Waals surface area contributed by atoms with Gasteiger partial charge in [-0.05, 0) is 12.3 Å². The van der Waals surface area contributed by atoms with Crippen LogP contribution in [0, 0.1) is 5.92 Å². The number of hydrogen-bond donors (Lipinski definition) is 8. The number of carboxylic acid groups (broad SMARTS) is 2. The van der Waals surface area contributed by atoms with Crippen LogP contribution in [0.25, 0.3) is 0 Å². The second kappa shape index (κ2) is 13.4. The Balaban J connectivity index is 5.30. The standard InChI is InChI=1S/C17H29N5O8S/c1-7(2)3-8(18)14(26)22-11(6-31)16(28)20-9(4-12(19)23)15(27)21-10(17(29)30)5-13(24)25/h7-11,31H,3-6,18H2,1-2H3,(H2,19,23)(H,20,28)(H,21,27)(H,22,26)(H,24,25)(H,29,30). The van der Waals surface area contributed by atoms with Gasteiger partial charge in [-0.1, -0.05) is 13.8 Å². The summed E-state index contributed by atoms with van der Waals surface area (Å²) in [6.07, 6.45) is -1.27. The molecule has 4 unspecified atom stereocenters. The van der Waals surface area contributed by atoms with Crippen LogP contribution in [0.5, 0.6) is 0 Å². The van der Waals surface area contributed by atoms with Crippen LogP contribution in [-0.2, 0) is 28.8 Å². The van der Waals surface area contributed by atoms with Gasteiger partial charge in [-0.3, -0.25) is 24.0 Å². The fraction of sp³-hybridized carbons (Fsp3) is 0.647. The molecule has 0 aliphatic carbocycles. The van der Waals surface area contributed by atoms with Gasteiger partial charge in [0.1, 0.15) is 18.1 Å². The van der Waals surface area contributed by atoms with E-state index in [-0.39, 0.29) is 11.7 Å². The Bertz CT molecular complexity index is 702. The van der Waals surface area contributed by atoms with Gasteiger partial charge in [0.25, 0.3) is 0 Å². The molecular weight excluding hydrogens is 434 g/mol. The minimum atomic E-state index is -1.80. The van der Waals surface area contributed by atoms with Crippen molar-refractivity contribution < 1.29 is 39.0 Å². The number of nitrogens with one attached hydrogen (secondary N) is 3. The summed E-state index contributed by atoms with van der Waals surface area (Å²) in [6, 6.07) is -5.50. The molecule has 4 amide bonds. The second-order valence-corrected chi connectivity index (χ2v) is 7.57. The van der Waals surface area contributed by atoms with Crippen molar-refractivity contribution in [2.75, 3.05) is 5.75 Å². The van der Waals surface area contributed by atoms with Crippen LogP contribution >= 0.6 is 12.6 Å². The molecule has 0 saturated carbocycles. The summed E-state index contributed by atoms with van der Waals surface area (Å²) in [6.45, 7) is 3.72. The minimum absolute atomic E-state index is 0.126. The van der Waals surface area contributed by atoms with E-state index >= 15 is 0 Å². The maximum absolute atomic E-state index is 12.5. The molecule has 0 fully saturated rings. The van der Waals surface area contributed by atoms with Gasteiger partial charge in [-0.15, -0.1) is 0 Å². The third-order valence-corrected chi connectivity index (χ3v) is 4.27. The van der Waals surface area contributed by atoms with Gasteiger partial charge in [-0.25, -0.2) is 4.79 Å². The van der Waals surface area contributed by atoms with Crippen LogP contribution in [-0.4, -0.2) is 75.7 Å². The van der Waals surface area contributed by atoms with Gasteiger partial charge < -0.3 is 37.6 Å². The lowest BCUT2D eigenvalue weighted by Gasteiger charge is -2.24. The highest BCUT2D eigenvalue weighted by Crippen LogP contribution is 2.04. The van der Waals surface area contributed by atoms with Crippen molar-refractivity contribution in [3.8, 4) is 0 Å². The summed E-state index contributed by atoms with van der Waals surface area (Å²) in [4.78, 5) is 70.2. The third kappa shape index (κ3) is 11.2. The predicted octanol–water partition coefficient (Wildman–Crippen LogP) is -2.82. The average Bonchev–Trinajstić information content (AvgIpc) is 2.62. The van der Waals surface area contributed by atoms with Gasteiger partial charge in [0.15, 0.2) is 0 Å². The number of aliphatic carboxylic acids is 2. The Morgan fingerprint density at radius 2 is 1.32 bits per heavy atom. The topological polar surface area (TPSA) is 231 Å². The first-order valence-corrected chi connectivity index (χ1v) is 9.92. The van der Waals surface area contributed by atoms with E-state index in [0.717, 1.165) is 0 Å². The zero-order chi connectivity index (χ0) is 24.3. The quantitative estimate of drug-likeness (QED) is 0.124. The van der Waals surface area contributed by atoms with Crippen molar-refractivity contribution in [1.29, 1.82) is 0 Å². The summed E-state index contributed by atoms with van der Waals surface area (Å²) in [5.74, 6) is -6.80. The maximum atomic E-state index is 12.5. The van der Waals surface area contributed by atoms with E-state index in [1.54, 1.807) is 0 Å². The molecule has 0 heterocycles. The van der Waals surface area contributed by atoms with Crippen LogP contribution in [0.4, 0.5) is 0 Å². The molecule has 0 aromatic carbocycles. The average molecular weight is 464 g/mol. The Morgan fingerprint density at radius 3 is 1.74 bits per heavy atom. The van der Waals surface area contributed by atoms with Crippen LogP contribution in [0.3, 0.4) is 0 Å². The predicted molar refractivity (Wildman–Crippen MR) is 111 cm³/mol. The van der Waals surface area contributed by atoms with Crippen molar-refractivity contribution in [3.05, 3.63) is 0 Å². The van der Waals surface area contributed by atoms with Gasteiger partial charge in [0.2, 0.25) is 23.6 Å². The summed E-state index contributed by atoms with van der Waals surface area (Å²) >= 11 is 3.98. The zero-order valence-electron chi connectivity index (χ0n) is 17.2. The third-order valence-electron chi connectivity index (χ3n) is 3.91. The van der Waals surface area contributed by atoms with E-state index in [4.69, 9.17) is 21.7 Å². The number of thiol groups is 1. The van der Waals surface area contributed by atoms with E-state index in [1.165, 1.54) is 0 Å². The molecule has 0 radical (unpaired) electrons. The minimum Gasteiger partial charge on any atom is -0.481 e. The number of carbonyl (C=O) groups is 6. The van der Waals surface area contributed by atoms with Gasteiger partial charge in [0.05, 0.1) is 18.9 Å². The molecule has 14 heteroatoms. The SMILES string of the molecule is CC(C)CC(N)C(=O)NC(CS)C(=O)NC(CC(N)=O)C(=O)NC(CC(=O)O)C(=O)O. The molecule has 31 heavy (non-hydrogen) atoms. The van der Waals surface area contributed by atoms with Crippen molar-refractivity contribution in [2.24, 2.45) is 17.4 Å². The second-order valence-electron chi connectivity index (χ2n) is 7.21. The first-order valence-electron chi connectivity index (χ1n) is 9.28. The van der Waals surface area contributed by atoms with Crippen molar-refractivity contribution in [2.45, 2.75) is 57.3 Å². The first-order chi connectivity index (χ1) is 14.3. The normalized spacial score (nSPS) is 14.6.